The zero-order valence-electron chi connectivity index (χ0n) is 14.6. The number of aryl methyl sites for hydroxylation is 1. The minimum Gasteiger partial charge on any atom is -0.377 e. The molecule has 0 amide bonds. The van der Waals surface area contributed by atoms with Gasteiger partial charge in [-0.3, -0.25) is 4.98 Å². The van der Waals surface area contributed by atoms with Crippen molar-refractivity contribution in [2.75, 3.05) is 18.5 Å². The summed E-state index contributed by atoms with van der Waals surface area (Å²) in [4.78, 5) is 4.49. The largest absolute Gasteiger partial charge is 0.377 e. The third kappa shape index (κ3) is 3.81. The topological polar surface area (TPSA) is 46.2 Å². The fourth-order valence-corrected chi connectivity index (χ4v) is 4.00. The molecule has 0 radical (unpaired) electrons. The van der Waals surface area contributed by atoms with Crippen LogP contribution in [0.3, 0.4) is 0 Å². The predicted octanol–water partition coefficient (Wildman–Crippen LogP) is 4.60. The van der Waals surface area contributed by atoms with Crippen molar-refractivity contribution in [2.45, 2.75) is 30.8 Å². The van der Waals surface area contributed by atoms with Gasteiger partial charge >= 0.3 is 0 Å². The number of ether oxygens (including phenoxy) is 1. The number of fused-ring (bicyclic) bond motifs is 1. The zero-order chi connectivity index (χ0) is 19.9. The molecule has 1 aromatic heterocycles. The molecule has 2 unspecified atom stereocenters. The highest BCUT2D eigenvalue weighted by Gasteiger charge is 2.44. The highest BCUT2D eigenvalue weighted by Crippen LogP contribution is 2.38. The van der Waals surface area contributed by atoms with Crippen molar-refractivity contribution < 1.29 is 17.9 Å². The maximum Gasteiger partial charge on any atom is 0.294 e. The highest BCUT2D eigenvalue weighted by molar-refractivity contribution is 7.80. The average Bonchev–Trinajstić information content (AvgIpc) is 2.96. The van der Waals surface area contributed by atoms with Gasteiger partial charge in [0.15, 0.2) is 0 Å². The van der Waals surface area contributed by atoms with E-state index in [1.165, 1.54) is 18.2 Å². The second-order valence-electron chi connectivity index (χ2n) is 6.92. The van der Waals surface area contributed by atoms with Gasteiger partial charge in [-0.15, -0.1) is 0 Å². The Hall–Kier alpha value is -1.90. The molecule has 4 nitrogen and oxygen atoms in total. The third-order valence-electron chi connectivity index (χ3n) is 4.90. The molecule has 1 aliphatic carbocycles. The number of hydrogen-bond acceptors (Lipinski definition) is 4. The first-order valence-corrected chi connectivity index (χ1v) is 9.57. The van der Waals surface area contributed by atoms with Gasteiger partial charge in [0.1, 0.15) is 23.5 Å². The second-order valence-corrected chi connectivity index (χ2v) is 7.85. The maximum atomic E-state index is 14.5. The number of thiocarbonyl (C=S) groups is 1. The smallest absolute Gasteiger partial charge is 0.294 e. The first kappa shape index (κ1) is 19.4. The van der Waals surface area contributed by atoms with Gasteiger partial charge in [-0.1, -0.05) is 23.8 Å². The van der Waals surface area contributed by atoms with E-state index in [0.29, 0.717) is 10.7 Å². The van der Waals surface area contributed by atoms with Crippen LogP contribution in [0.2, 0.25) is 5.02 Å². The van der Waals surface area contributed by atoms with Crippen LogP contribution in [0.1, 0.15) is 35.3 Å². The van der Waals surface area contributed by atoms with Gasteiger partial charge < -0.3 is 15.4 Å². The average molecular weight is 428 g/mol. The summed E-state index contributed by atoms with van der Waals surface area (Å²) < 4.78 is 48.3. The van der Waals surface area contributed by atoms with Crippen LogP contribution >= 0.6 is 23.8 Å². The molecular weight excluding hydrogens is 411 g/mol. The van der Waals surface area contributed by atoms with Gasteiger partial charge in [0.25, 0.3) is 5.92 Å². The van der Waals surface area contributed by atoms with Crippen LogP contribution in [0.4, 0.5) is 18.9 Å². The molecule has 4 rings (SSSR count). The van der Waals surface area contributed by atoms with Crippen molar-refractivity contribution in [1.29, 1.82) is 0 Å². The molecular formula is C19H17ClF3N3OS. The number of hydrogen-bond donors (Lipinski definition) is 2. The van der Waals surface area contributed by atoms with Crippen LogP contribution < -0.4 is 10.6 Å². The van der Waals surface area contributed by atoms with Gasteiger partial charge in [-0.25, -0.2) is 13.2 Å². The third-order valence-corrected chi connectivity index (χ3v) is 5.35. The van der Waals surface area contributed by atoms with E-state index in [1.54, 1.807) is 6.20 Å². The van der Waals surface area contributed by atoms with E-state index in [4.69, 9.17) is 28.6 Å². The van der Waals surface area contributed by atoms with Crippen LogP contribution in [-0.4, -0.2) is 29.1 Å². The lowest BCUT2D eigenvalue weighted by atomic mass is 9.99. The Morgan fingerprint density at radius 1 is 1.32 bits per heavy atom. The standard InChI is InChI=1S/C19H17ClF3N3OS/c20-11-5-10-1-4-15(17(10)24-7-11)25-12-2-3-14(21)13(6-12)18-19(22,23)9-27-8-16(28)26-18/h2-3,5-7,15,18,25H,1,4,8-9H2,(H,26,28). The zero-order valence-corrected chi connectivity index (χ0v) is 16.2. The number of rotatable bonds is 3. The molecule has 0 bridgehead atoms. The number of benzene rings is 1. The molecule has 2 aliphatic rings. The lowest BCUT2D eigenvalue weighted by Gasteiger charge is -2.26. The molecule has 2 N–H and O–H groups in total. The maximum absolute atomic E-state index is 14.5. The summed E-state index contributed by atoms with van der Waals surface area (Å²) in [5, 5.41) is 6.37. The number of nitrogens with one attached hydrogen (secondary N) is 2. The Morgan fingerprint density at radius 3 is 2.96 bits per heavy atom. The van der Waals surface area contributed by atoms with Gasteiger partial charge in [-0.2, -0.15) is 0 Å². The molecule has 1 saturated heterocycles. The van der Waals surface area contributed by atoms with Gasteiger partial charge in [0.05, 0.1) is 23.4 Å². The minimum atomic E-state index is -3.31. The van der Waals surface area contributed by atoms with E-state index in [-0.39, 0.29) is 23.2 Å². The van der Waals surface area contributed by atoms with Crippen LogP contribution in [0, 0.1) is 5.82 Å². The van der Waals surface area contributed by atoms with Gasteiger partial charge in [0, 0.05) is 17.4 Å². The van der Waals surface area contributed by atoms with Crippen LogP contribution in [0.15, 0.2) is 30.5 Å². The minimum absolute atomic E-state index is 0.0995. The molecule has 148 valence electrons. The molecule has 1 aliphatic heterocycles. The first-order chi connectivity index (χ1) is 13.3. The number of anilines is 1. The van der Waals surface area contributed by atoms with E-state index in [2.05, 4.69) is 15.6 Å². The molecule has 9 heteroatoms. The van der Waals surface area contributed by atoms with E-state index in [0.717, 1.165) is 24.1 Å². The molecule has 28 heavy (non-hydrogen) atoms. The number of nitrogens with zero attached hydrogens (tertiary/aromatic N) is 1. The SMILES string of the molecule is Fc1ccc(NC2CCc3cc(Cl)cnc32)cc1C1NC(=S)COCC1(F)F. The molecule has 1 fully saturated rings. The number of pyridine rings is 1. The molecule has 0 saturated carbocycles. The van der Waals surface area contributed by atoms with Crippen LogP contribution in [0.25, 0.3) is 0 Å². The quantitative estimate of drug-likeness (QED) is 0.701. The summed E-state index contributed by atoms with van der Waals surface area (Å²) in [7, 11) is 0. The Labute approximate surface area is 170 Å². The van der Waals surface area contributed by atoms with Crippen molar-refractivity contribution in [3.8, 4) is 0 Å². The van der Waals surface area contributed by atoms with E-state index in [1.807, 2.05) is 6.07 Å². The van der Waals surface area contributed by atoms with Crippen molar-refractivity contribution >= 4 is 34.5 Å². The Balaban J connectivity index is 1.62. The van der Waals surface area contributed by atoms with Crippen molar-refractivity contribution in [1.82, 2.24) is 10.3 Å². The van der Waals surface area contributed by atoms with Gasteiger partial charge in [-0.05, 0) is 42.7 Å². The first-order valence-electron chi connectivity index (χ1n) is 8.79. The number of aromatic nitrogens is 1. The monoisotopic (exact) mass is 427 g/mol. The highest BCUT2D eigenvalue weighted by atomic mass is 35.5. The summed E-state index contributed by atoms with van der Waals surface area (Å²) in [5.41, 5.74) is 2.28. The number of alkyl halides is 2. The Bertz CT molecular complexity index is 927. The fourth-order valence-electron chi connectivity index (χ4n) is 3.62. The van der Waals surface area contributed by atoms with Crippen molar-refractivity contribution in [3.63, 3.8) is 0 Å². The summed E-state index contributed by atoms with van der Waals surface area (Å²) in [6.45, 7) is -0.948. The molecule has 2 aromatic rings. The lowest BCUT2D eigenvalue weighted by Crippen LogP contribution is -2.40. The number of halogens is 4. The van der Waals surface area contributed by atoms with Gasteiger partial charge in [0.2, 0.25) is 0 Å². The molecule has 2 atom stereocenters. The van der Waals surface area contributed by atoms with E-state index in [9.17, 15) is 13.2 Å². The summed E-state index contributed by atoms with van der Waals surface area (Å²) in [5.74, 6) is -4.04. The Morgan fingerprint density at radius 2 is 2.14 bits per heavy atom. The van der Waals surface area contributed by atoms with E-state index < -0.39 is 24.4 Å². The second kappa shape index (κ2) is 7.50. The summed E-state index contributed by atoms with van der Waals surface area (Å²) in [6, 6.07) is 4.27. The van der Waals surface area contributed by atoms with Crippen molar-refractivity contribution in [2.24, 2.45) is 0 Å². The molecule has 0 spiro atoms. The van der Waals surface area contributed by atoms with Crippen molar-refractivity contribution in [3.05, 3.63) is 58.1 Å². The normalized spacial score (nSPS) is 23.6. The fraction of sp³-hybridized carbons (Fsp3) is 0.368. The van der Waals surface area contributed by atoms with Crippen LogP contribution in [0.5, 0.6) is 0 Å². The van der Waals surface area contributed by atoms with E-state index >= 15 is 0 Å². The summed E-state index contributed by atoms with van der Waals surface area (Å²) >= 11 is 11.0. The molecule has 2 heterocycles. The summed E-state index contributed by atoms with van der Waals surface area (Å²) in [6.07, 6.45) is 3.17. The van der Waals surface area contributed by atoms with Crippen LogP contribution in [-0.2, 0) is 11.2 Å². The Kier molecular flexibility index (Phi) is 5.20. The predicted molar refractivity (Wildman–Crippen MR) is 105 cm³/mol. The lowest BCUT2D eigenvalue weighted by molar-refractivity contribution is -0.0854. The molecule has 1 aromatic carbocycles.